The van der Waals surface area contributed by atoms with Crippen molar-refractivity contribution in [2.45, 2.75) is 38.4 Å². The molecule has 4 rings (SSSR count). The van der Waals surface area contributed by atoms with Crippen molar-refractivity contribution in [3.63, 3.8) is 0 Å². The van der Waals surface area contributed by atoms with Gasteiger partial charge in [-0.1, -0.05) is 18.2 Å². The third kappa shape index (κ3) is 2.64. The normalized spacial score (nSPS) is 21.1. The minimum Gasteiger partial charge on any atom is -0.357 e. The van der Waals surface area contributed by atoms with Crippen molar-refractivity contribution in [1.82, 2.24) is 4.98 Å². The van der Waals surface area contributed by atoms with Crippen LogP contribution in [0.25, 0.3) is 10.9 Å². The highest BCUT2D eigenvalue weighted by atomic mass is 16.7. The number of H-pyrrole nitrogens is 1. The average molecular weight is 314 g/mol. The Kier molecular flexibility index (Phi) is 3.62. The highest BCUT2D eigenvalue weighted by molar-refractivity contribution is 6.03. The van der Waals surface area contributed by atoms with E-state index in [0.29, 0.717) is 13.2 Å². The average Bonchev–Trinajstić information content (AvgIpc) is 3.14. The Bertz CT molecular complexity index is 721. The van der Waals surface area contributed by atoms with Crippen LogP contribution in [0, 0.1) is 12.8 Å². The van der Waals surface area contributed by atoms with Crippen molar-refractivity contribution >= 4 is 22.5 Å². The van der Waals surface area contributed by atoms with Gasteiger partial charge in [0.25, 0.3) is 0 Å². The van der Waals surface area contributed by atoms with E-state index in [-0.39, 0.29) is 11.8 Å². The third-order valence-electron chi connectivity index (χ3n) is 5.07. The lowest BCUT2D eigenvalue weighted by atomic mass is 9.84. The van der Waals surface area contributed by atoms with Crippen LogP contribution in [0.4, 0.5) is 5.69 Å². The summed E-state index contributed by atoms with van der Waals surface area (Å²) >= 11 is 0. The predicted octanol–water partition coefficient (Wildman–Crippen LogP) is 3.35. The molecule has 5 heteroatoms. The number of aryl methyl sites for hydroxylation is 1. The highest BCUT2D eigenvalue weighted by Crippen LogP contribution is 2.39. The molecular weight excluding hydrogens is 292 g/mol. The molecular formula is C18H22N2O3. The van der Waals surface area contributed by atoms with Crippen LogP contribution in [0.3, 0.4) is 0 Å². The second-order valence-electron chi connectivity index (χ2n) is 6.54. The van der Waals surface area contributed by atoms with Gasteiger partial charge in [0.1, 0.15) is 0 Å². The van der Waals surface area contributed by atoms with Gasteiger partial charge in [-0.25, -0.2) is 0 Å². The molecule has 1 saturated carbocycles. The van der Waals surface area contributed by atoms with Crippen LogP contribution < -0.4 is 5.32 Å². The maximum Gasteiger partial charge on any atom is 0.227 e. The maximum atomic E-state index is 12.7. The molecule has 2 heterocycles. The van der Waals surface area contributed by atoms with Crippen molar-refractivity contribution < 1.29 is 14.3 Å². The molecule has 0 unspecified atom stereocenters. The van der Waals surface area contributed by atoms with Gasteiger partial charge in [0.05, 0.1) is 18.9 Å². The van der Waals surface area contributed by atoms with Crippen LogP contribution in [-0.4, -0.2) is 29.9 Å². The molecule has 2 fully saturated rings. The first-order valence-corrected chi connectivity index (χ1v) is 8.33. The standard InChI is InChI=1S/C18H22N2O3/c1-12-16(14-4-2-3-5-15(14)19-12)20-17(21)13-6-8-18(9-7-13)22-10-11-23-18/h2-5,13,19H,6-11H2,1H3,(H,20,21). The molecule has 1 amide bonds. The summed E-state index contributed by atoms with van der Waals surface area (Å²) in [5.41, 5.74) is 2.95. The number of aromatic amines is 1. The molecule has 1 aliphatic heterocycles. The molecule has 1 aromatic carbocycles. The van der Waals surface area contributed by atoms with Crippen molar-refractivity contribution in [2.24, 2.45) is 5.92 Å². The fourth-order valence-corrected chi connectivity index (χ4v) is 3.77. The van der Waals surface area contributed by atoms with Gasteiger partial charge in [0, 0.05) is 35.4 Å². The van der Waals surface area contributed by atoms with Crippen LogP contribution in [0.2, 0.25) is 0 Å². The fraction of sp³-hybridized carbons (Fsp3) is 0.500. The minimum atomic E-state index is -0.409. The first kappa shape index (κ1) is 14.7. The van der Waals surface area contributed by atoms with E-state index in [0.717, 1.165) is 48.0 Å². The van der Waals surface area contributed by atoms with Gasteiger partial charge in [-0.2, -0.15) is 0 Å². The second-order valence-corrected chi connectivity index (χ2v) is 6.54. The monoisotopic (exact) mass is 314 g/mol. The first-order chi connectivity index (χ1) is 11.2. The number of para-hydroxylation sites is 1. The molecule has 2 N–H and O–H groups in total. The van der Waals surface area contributed by atoms with Crippen LogP contribution >= 0.6 is 0 Å². The Balaban J connectivity index is 1.46. The number of ether oxygens (including phenoxy) is 2. The van der Waals surface area contributed by atoms with Gasteiger partial charge in [0.2, 0.25) is 5.91 Å². The summed E-state index contributed by atoms with van der Waals surface area (Å²) in [6.07, 6.45) is 3.23. The number of carbonyl (C=O) groups excluding carboxylic acids is 1. The molecule has 2 aromatic rings. The van der Waals surface area contributed by atoms with E-state index in [1.54, 1.807) is 0 Å². The van der Waals surface area contributed by atoms with Gasteiger partial charge in [-0.05, 0) is 25.8 Å². The lowest BCUT2D eigenvalue weighted by molar-refractivity contribution is -0.182. The van der Waals surface area contributed by atoms with Gasteiger partial charge < -0.3 is 19.8 Å². The molecule has 1 saturated heterocycles. The summed E-state index contributed by atoms with van der Waals surface area (Å²) in [5.74, 6) is -0.278. The molecule has 122 valence electrons. The summed E-state index contributed by atoms with van der Waals surface area (Å²) in [6.45, 7) is 3.34. The lowest BCUT2D eigenvalue weighted by Gasteiger charge is -2.34. The molecule has 0 atom stereocenters. The number of carbonyl (C=O) groups is 1. The molecule has 2 aliphatic rings. The van der Waals surface area contributed by atoms with E-state index in [1.165, 1.54) is 0 Å². The number of hydrogen-bond acceptors (Lipinski definition) is 3. The van der Waals surface area contributed by atoms with Crippen molar-refractivity contribution in [2.75, 3.05) is 18.5 Å². The largest absolute Gasteiger partial charge is 0.357 e. The number of rotatable bonds is 2. The number of anilines is 1. The molecule has 1 spiro atoms. The lowest BCUT2D eigenvalue weighted by Crippen LogP contribution is -2.38. The van der Waals surface area contributed by atoms with Gasteiger partial charge in [-0.3, -0.25) is 4.79 Å². The number of hydrogen-bond donors (Lipinski definition) is 2. The second kappa shape index (κ2) is 5.65. The molecule has 1 aliphatic carbocycles. The van der Waals surface area contributed by atoms with Crippen LogP contribution in [-0.2, 0) is 14.3 Å². The number of fused-ring (bicyclic) bond motifs is 1. The minimum absolute atomic E-state index is 0.0292. The van der Waals surface area contributed by atoms with E-state index in [4.69, 9.17) is 9.47 Å². The smallest absolute Gasteiger partial charge is 0.227 e. The number of nitrogens with one attached hydrogen (secondary N) is 2. The van der Waals surface area contributed by atoms with E-state index in [1.807, 2.05) is 31.2 Å². The Labute approximate surface area is 135 Å². The molecule has 5 nitrogen and oxygen atoms in total. The van der Waals surface area contributed by atoms with E-state index in [9.17, 15) is 4.79 Å². The van der Waals surface area contributed by atoms with Crippen molar-refractivity contribution in [3.05, 3.63) is 30.0 Å². The Morgan fingerprint density at radius 1 is 1.22 bits per heavy atom. The molecule has 0 bridgehead atoms. The summed E-state index contributed by atoms with van der Waals surface area (Å²) < 4.78 is 11.5. The van der Waals surface area contributed by atoms with Gasteiger partial charge in [0.15, 0.2) is 5.79 Å². The van der Waals surface area contributed by atoms with Gasteiger partial charge >= 0.3 is 0 Å². The SMILES string of the molecule is Cc1[nH]c2ccccc2c1NC(=O)C1CCC2(CC1)OCCO2. The number of amides is 1. The Hall–Kier alpha value is -1.85. The van der Waals surface area contributed by atoms with E-state index in [2.05, 4.69) is 10.3 Å². The molecule has 23 heavy (non-hydrogen) atoms. The van der Waals surface area contributed by atoms with Crippen LogP contribution in [0.5, 0.6) is 0 Å². The zero-order valence-electron chi connectivity index (χ0n) is 13.4. The number of aromatic nitrogens is 1. The quantitative estimate of drug-likeness (QED) is 0.893. The first-order valence-electron chi connectivity index (χ1n) is 8.33. The summed E-state index contributed by atoms with van der Waals surface area (Å²) in [5, 5.41) is 4.19. The summed E-state index contributed by atoms with van der Waals surface area (Å²) in [4.78, 5) is 16.0. The zero-order valence-corrected chi connectivity index (χ0v) is 13.4. The van der Waals surface area contributed by atoms with Crippen LogP contribution in [0.1, 0.15) is 31.4 Å². The predicted molar refractivity (Wildman–Crippen MR) is 88.3 cm³/mol. The third-order valence-corrected chi connectivity index (χ3v) is 5.07. The molecule has 1 aromatic heterocycles. The Morgan fingerprint density at radius 3 is 2.65 bits per heavy atom. The Morgan fingerprint density at radius 2 is 1.91 bits per heavy atom. The van der Waals surface area contributed by atoms with Gasteiger partial charge in [-0.15, -0.1) is 0 Å². The highest BCUT2D eigenvalue weighted by Gasteiger charge is 2.41. The summed E-state index contributed by atoms with van der Waals surface area (Å²) in [7, 11) is 0. The molecule has 0 radical (unpaired) electrons. The van der Waals surface area contributed by atoms with Crippen LogP contribution in [0.15, 0.2) is 24.3 Å². The number of benzene rings is 1. The van der Waals surface area contributed by atoms with Crippen molar-refractivity contribution in [1.29, 1.82) is 0 Å². The van der Waals surface area contributed by atoms with E-state index >= 15 is 0 Å². The zero-order chi connectivity index (χ0) is 15.9. The maximum absolute atomic E-state index is 12.7. The topological polar surface area (TPSA) is 63.4 Å². The fourth-order valence-electron chi connectivity index (χ4n) is 3.77. The van der Waals surface area contributed by atoms with Crippen molar-refractivity contribution in [3.8, 4) is 0 Å². The van der Waals surface area contributed by atoms with E-state index < -0.39 is 5.79 Å². The summed E-state index contributed by atoms with van der Waals surface area (Å²) in [6, 6.07) is 8.04.